The fraction of sp³-hybridized carbons (Fsp3) is 0.615. The number of nitrogens with one attached hydrogen (secondary N) is 2. The van der Waals surface area contributed by atoms with E-state index in [1.807, 2.05) is 6.07 Å². The third-order valence-electron chi connectivity index (χ3n) is 3.45. The largest absolute Gasteiger partial charge is 0.472 e. The molecule has 1 aliphatic heterocycles. The fourth-order valence-electron chi connectivity index (χ4n) is 2.27. The zero-order valence-electron chi connectivity index (χ0n) is 10.2. The number of amides is 1. The summed E-state index contributed by atoms with van der Waals surface area (Å²) < 4.78 is 4.96. The average molecular weight is 236 g/mol. The smallest absolute Gasteiger partial charge is 0.237 e. The lowest BCUT2D eigenvalue weighted by Crippen LogP contribution is -2.48. The molecule has 0 saturated carbocycles. The van der Waals surface area contributed by atoms with Crippen LogP contribution in [0.3, 0.4) is 0 Å². The lowest BCUT2D eigenvalue weighted by Gasteiger charge is -2.28. The number of hydrogen-bond donors (Lipinski definition) is 2. The van der Waals surface area contributed by atoms with Crippen molar-refractivity contribution in [2.24, 2.45) is 5.92 Å². The van der Waals surface area contributed by atoms with Crippen molar-refractivity contribution in [1.82, 2.24) is 10.6 Å². The van der Waals surface area contributed by atoms with Crippen LogP contribution in [0.4, 0.5) is 0 Å². The zero-order chi connectivity index (χ0) is 12.1. The highest BCUT2D eigenvalue weighted by atomic mass is 16.3. The van der Waals surface area contributed by atoms with Crippen molar-refractivity contribution in [2.75, 3.05) is 6.54 Å². The minimum Gasteiger partial charge on any atom is -0.472 e. The second kappa shape index (κ2) is 5.87. The van der Waals surface area contributed by atoms with Crippen LogP contribution in [0.5, 0.6) is 0 Å². The molecule has 0 aromatic carbocycles. The van der Waals surface area contributed by atoms with E-state index in [9.17, 15) is 4.79 Å². The van der Waals surface area contributed by atoms with Gasteiger partial charge in [-0.1, -0.05) is 13.3 Å². The first kappa shape index (κ1) is 12.2. The van der Waals surface area contributed by atoms with E-state index < -0.39 is 0 Å². The van der Waals surface area contributed by atoms with Gasteiger partial charge in [-0.2, -0.15) is 0 Å². The van der Waals surface area contributed by atoms with Gasteiger partial charge in [0.2, 0.25) is 5.91 Å². The maximum atomic E-state index is 12.0. The van der Waals surface area contributed by atoms with Crippen molar-refractivity contribution in [3.05, 3.63) is 24.2 Å². The quantitative estimate of drug-likeness (QED) is 0.836. The molecular weight excluding hydrogens is 216 g/mol. The Morgan fingerprint density at radius 1 is 1.65 bits per heavy atom. The lowest BCUT2D eigenvalue weighted by atomic mass is 9.90. The molecule has 2 N–H and O–H groups in total. The van der Waals surface area contributed by atoms with E-state index in [0.29, 0.717) is 12.5 Å². The monoisotopic (exact) mass is 236 g/mol. The molecule has 1 fully saturated rings. The molecule has 1 aromatic rings. The summed E-state index contributed by atoms with van der Waals surface area (Å²) in [6.45, 7) is 3.68. The summed E-state index contributed by atoms with van der Waals surface area (Å²) in [5.41, 5.74) is 1.00. The van der Waals surface area contributed by atoms with E-state index >= 15 is 0 Å². The van der Waals surface area contributed by atoms with Crippen LogP contribution in [0.15, 0.2) is 23.0 Å². The van der Waals surface area contributed by atoms with Crippen molar-refractivity contribution in [1.29, 1.82) is 0 Å². The van der Waals surface area contributed by atoms with Crippen LogP contribution in [0.1, 0.15) is 31.7 Å². The molecule has 1 aromatic heterocycles. The molecular formula is C13H20N2O2. The Labute approximate surface area is 102 Å². The molecule has 0 spiro atoms. The van der Waals surface area contributed by atoms with E-state index in [4.69, 9.17) is 4.42 Å². The van der Waals surface area contributed by atoms with Crippen LogP contribution >= 0.6 is 0 Å². The van der Waals surface area contributed by atoms with Gasteiger partial charge in [-0.3, -0.25) is 4.79 Å². The van der Waals surface area contributed by atoms with Crippen molar-refractivity contribution < 1.29 is 9.21 Å². The van der Waals surface area contributed by atoms with Gasteiger partial charge in [0, 0.05) is 12.1 Å². The Kier molecular flexibility index (Phi) is 4.20. The average Bonchev–Trinajstić information content (AvgIpc) is 2.89. The van der Waals surface area contributed by atoms with Crippen molar-refractivity contribution in [3.63, 3.8) is 0 Å². The molecule has 2 unspecified atom stereocenters. The molecule has 2 rings (SSSR count). The number of hydrogen-bond acceptors (Lipinski definition) is 3. The molecule has 0 bridgehead atoms. The minimum absolute atomic E-state index is 0.0272. The Bertz CT molecular complexity index is 348. The highest BCUT2D eigenvalue weighted by molar-refractivity contribution is 5.81. The number of furan rings is 1. The standard InChI is InChI=1S/C13H20N2O2/c1-2-10-3-5-14-12(7-10)13(16)15-8-11-4-6-17-9-11/h4,6,9-10,12,14H,2-3,5,7-8H2,1H3,(H,15,16). The molecule has 1 aliphatic rings. The third-order valence-corrected chi connectivity index (χ3v) is 3.45. The predicted octanol–water partition coefficient (Wildman–Crippen LogP) is 1.67. The van der Waals surface area contributed by atoms with Gasteiger partial charge in [-0.25, -0.2) is 0 Å². The molecule has 4 nitrogen and oxygen atoms in total. The molecule has 17 heavy (non-hydrogen) atoms. The second-order valence-electron chi connectivity index (χ2n) is 4.65. The molecule has 2 heterocycles. The first-order valence-electron chi connectivity index (χ1n) is 6.31. The van der Waals surface area contributed by atoms with Gasteiger partial charge < -0.3 is 15.1 Å². The summed E-state index contributed by atoms with van der Waals surface area (Å²) in [7, 11) is 0. The van der Waals surface area contributed by atoms with E-state index in [-0.39, 0.29) is 11.9 Å². The molecule has 2 atom stereocenters. The Morgan fingerprint density at radius 2 is 2.53 bits per heavy atom. The minimum atomic E-state index is -0.0272. The highest BCUT2D eigenvalue weighted by Crippen LogP contribution is 2.19. The number of carbonyl (C=O) groups is 1. The van der Waals surface area contributed by atoms with Crippen LogP contribution in [-0.2, 0) is 11.3 Å². The van der Waals surface area contributed by atoms with E-state index in [1.165, 1.54) is 6.42 Å². The van der Waals surface area contributed by atoms with E-state index in [0.717, 1.165) is 24.9 Å². The van der Waals surface area contributed by atoms with E-state index in [1.54, 1.807) is 12.5 Å². The first-order valence-corrected chi connectivity index (χ1v) is 6.31. The SMILES string of the molecule is CCC1CCNC(C(=O)NCc2ccoc2)C1. The lowest BCUT2D eigenvalue weighted by molar-refractivity contribution is -0.124. The van der Waals surface area contributed by atoms with Gasteiger partial charge in [-0.05, 0) is 31.4 Å². The van der Waals surface area contributed by atoms with Crippen molar-refractivity contribution in [2.45, 2.75) is 38.8 Å². The van der Waals surface area contributed by atoms with Gasteiger partial charge in [0.1, 0.15) is 0 Å². The van der Waals surface area contributed by atoms with Gasteiger partial charge in [0.05, 0.1) is 18.6 Å². The van der Waals surface area contributed by atoms with Crippen LogP contribution in [0.2, 0.25) is 0 Å². The predicted molar refractivity (Wildman–Crippen MR) is 65.4 cm³/mol. The molecule has 94 valence electrons. The van der Waals surface area contributed by atoms with Crippen LogP contribution in [-0.4, -0.2) is 18.5 Å². The maximum Gasteiger partial charge on any atom is 0.237 e. The van der Waals surface area contributed by atoms with Gasteiger partial charge in [0.25, 0.3) is 0 Å². The maximum absolute atomic E-state index is 12.0. The van der Waals surface area contributed by atoms with Crippen molar-refractivity contribution >= 4 is 5.91 Å². The van der Waals surface area contributed by atoms with Gasteiger partial charge in [-0.15, -0.1) is 0 Å². The molecule has 0 aliphatic carbocycles. The second-order valence-corrected chi connectivity index (χ2v) is 4.65. The number of rotatable bonds is 4. The van der Waals surface area contributed by atoms with Gasteiger partial charge >= 0.3 is 0 Å². The number of carbonyl (C=O) groups excluding carboxylic acids is 1. The van der Waals surface area contributed by atoms with Gasteiger partial charge in [0.15, 0.2) is 0 Å². The summed E-state index contributed by atoms with van der Waals surface area (Å²) in [4.78, 5) is 12.0. The third kappa shape index (κ3) is 3.33. The molecule has 0 radical (unpaired) electrons. The summed E-state index contributed by atoms with van der Waals surface area (Å²) >= 11 is 0. The fourth-order valence-corrected chi connectivity index (χ4v) is 2.27. The first-order chi connectivity index (χ1) is 8.29. The number of piperidine rings is 1. The molecule has 1 amide bonds. The summed E-state index contributed by atoms with van der Waals surface area (Å²) in [6, 6.07) is 1.84. The topological polar surface area (TPSA) is 54.3 Å². The van der Waals surface area contributed by atoms with Crippen LogP contribution in [0, 0.1) is 5.92 Å². The normalized spacial score (nSPS) is 24.5. The van der Waals surface area contributed by atoms with Crippen LogP contribution < -0.4 is 10.6 Å². The molecule has 4 heteroatoms. The Hall–Kier alpha value is -1.29. The van der Waals surface area contributed by atoms with Crippen molar-refractivity contribution in [3.8, 4) is 0 Å². The summed E-state index contributed by atoms with van der Waals surface area (Å²) in [6.07, 6.45) is 6.57. The van der Waals surface area contributed by atoms with E-state index in [2.05, 4.69) is 17.6 Å². The summed E-state index contributed by atoms with van der Waals surface area (Å²) in [5, 5.41) is 6.22. The Balaban J connectivity index is 1.79. The highest BCUT2D eigenvalue weighted by Gasteiger charge is 2.25. The zero-order valence-corrected chi connectivity index (χ0v) is 10.2. The molecule has 1 saturated heterocycles. The summed E-state index contributed by atoms with van der Waals surface area (Å²) in [5.74, 6) is 0.783. The Morgan fingerprint density at radius 3 is 3.24 bits per heavy atom. The van der Waals surface area contributed by atoms with Crippen LogP contribution in [0.25, 0.3) is 0 Å².